The van der Waals surface area contributed by atoms with Gasteiger partial charge in [-0.25, -0.2) is 13.1 Å². The molecule has 0 aromatic heterocycles. The van der Waals surface area contributed by atoms with E-state index in [-0.39, 0.29) is 23.3 Å². The first kappa shape index (κ1) is 19.3. The van der Waals surface area contributed by atoms with E-state index in [1.165, 1.54) is 17.9 Å². The third-order valence-electron chi connectivity index (χ3n) is 4.87. The fourth-order valence-electron chi connectivity index (χ4n) is 3.30. The number of rotatable bonds is 5. The molecule has 1 aromatic rings. The van der Waals surface area contributed by atoms with Crippen LogP contribution in [0.3, 0.4) is 0 Å². The number of fused-ring (bicyclic) bond motifs is 1. The largest absolute Gasteiger partial charge is 0.342 e. The van der Waals surface area contributed by atoms with Crippen molar-refractivity contribution >= 4 is 33.9 Å². The number of hydrogen-bond donors (Lipinski definition) is 1. The molecule has 2 heterocycles. The van der Waals surface area contributed by atoms with E-state index < -0.39 is 10.0 Å². The van der Waals surface area contributed by atoms with Crippen molar-refractivity contribution in [2.75, 3.05) is 44.2 Å². The van der Waals surface area contributed by atoms with Crippen LogP contribution < -0.4 is 9.62 Å². The molecule has 0 aliphatic carbocycles. The van der Waals surface area contributed by atoms with Gasteiger partial charge in [-0.1, -0.05) is 0 Å². The minimum absolute atomic E-state index is 0.0743. The van der Waals surface area contributed by atoms with Gasteiger partial charge in [-0.2, -0.15) is 0 Å². The Bertz CT molecular complexity index is 862. The molecule has 27 heavy (non-hydrogen) atoms. The second-order valence-corrected chi connectivity index (χ2v) is 8.32. The van der Waals surface area contributed by atoms with E-state index in [0.29, 0.717) is 39.1 Å². The molecule has 2 aliphatic heterocycles. The molecule has 10 heteroatoms. The summed E-state index contributed by atoms with van der Waals surface area (Å²) < 4.78 is 27.4. The molecule has 0 radical (unpaired) electrons. The van der Waals surface area contributed by atoms with Gasteiger partial charge in [-0.3, -0.25) is 14.4 Å². The van der Waals surface area contributed by atoms with Gasteiger partial charge in [-0.05, 0) is 30.2 Å². The smallest absolute Gasteiger partial charge is 0.241 e. The average molecular weight is 394 g/mol. The molecule has 0 atom stereocenters. The fraction of sp³-hybridized carbons (Fsp3) is 0.471. The van der Waals surface area contributed by atoms with E-state index in [4.69, 9.17) is 0 Å². The SMILES string of the molecule is CC(=O)N1CCc2cc(S(=O)(=O)NCC(=O)N3CCN(C=O)CC3)ccc21. The van der Waals surface area contributed by atoms with Gasteiger partial charge in [0.15, 0.2) is 0 Å². The number of nitrogens with zero attached hydrogens (tertiary/aromatic N) is 3. The lowest BCUT2D eigenvalue weighted by Crippen LogP contribution is -2.50. The highest BCUT2D eigenvalue weighted by atomic mass is 32.2. The highest BCUT2D eigenvalue weighted by Gasteiger charge is 2.26. The third kappa shape index (κ3) is 4.11. The van der Waals surface area contributed by atoms with Crippen LogP contribution in [0.1, 0.15) is 12.5 Å². The number of carbonyl (C=O) groups is 3. The Kier molecular flexibility index (Phi) is 5.47. The fourth-order valence-corrected chi connectivity index (χ4v) is 4.33. The normalized spacial score (nSPS) is 17.0. The summed E-state index contributed by atoms with van der Waals surface area (Å²) in [4.78, 5) is 39.3. The predicted octanol–water partition coefficient (Wildman–Crippen LogP) is -0.825. The molecule has 1 saturated heterocycles. The first-order chi connectivity index (χ1) is 12.8. The van der Waals surface area contributed by atoms with Crippen LogP contribution in [0.2, 0.25) is 0 Å². The lowest BCUT2D eigenvalue weighted by molar-refractivity contribution is -0.134. The summed E-state index contributed by atoms with van der Waals surface area (Å²) in [5.74, 6) is -0.407. The van der Waals surface area contributed by atoms with Crippen LogP contribution in [0.4, 0.5) is 5.69 Å². The predicted molar refractivity (Wildman–Crippen MR) is 97.6 cm³/mol. The van der Waals surface area contributed by atoms with Crippen molar-refractivity contribution in [3.05, 3.63) is 23.8 Å². The number of hydrogen-bond acceptors (Lipinski definition) is 5. The maximum atomic E-state index is 12.5. The average Bonchev–Trinajstić information content (AvgIpc) is 3.10. The second-order valence-electron chi connectivity index (χ2n) is 6.56. The summed E-state index contributed by atoms with van der Waals surface area (Å²) in [6, 6.07) is 4.61. The van der Waals surface area contributed by atoms with E-state index in [1.807, 2.05) is 0 Å². The van der Waals surface area contributed by atoms with Gasteiger partial charge in [0.25, 0.3) is 0 Å². The highest BCUT2D eigenvalue weighted by molar-refractivity contribution is 7.89. The Hall–Kier alpha value is -2.46. The monoisotopic (exact) mass is 394 g/mol. The summed E-state index contributed by atoms with van der Waals surface area (Å²) in [5, 5.41) is 0. The zero-order valence-corrected chi connectivity index (χ0v) is 15.9. The van der Waals surface area contributed by atoms with Crippen LogP contribution in [0.5, 0.6) is 0 Å². The minimum atomic E-state index is -3.84. The minimum Gasteiger partial charge on any atom is -0.342 e. The molecule has 0 saturated carbocycles. The maximum Gasteiger partial charge on any atom is 0.241 e. The van der Waals surface area contributed by atoms with Gasteiger partial charge in [0, 0.05) is 45.3 Å². The second kappa shape index (κ2) is 7.65. The Balaban J connectivity index is 1.63. The van der Waals surface area contributed by atoms with Crippen molar-refractivity contribution in [2.45, 2.75) is 18.2 Å². The van der Waals surface area contributed by atoms with Crippen LogP contribution in [-0.2, 0) is 30.8 Å². The van der Waals surface area contributed by atoms with Crippen molar-refractivity contribution in [3.8, 4) is 0 Å². The van der Waals surface area contributed by atoms with Gasteiger partial charge in [0.2, 0.25) is 28.2 Å². The summed E-state index contributed by atoms with van der Waals surface area (Å²) in [6.45, 7) is 3.34. The number of carbonyl (C=O) groups excluding carboxylic acids is 3. The van der Waals surface area contributed by atoms with Crippen molar-refractivity contribution in [2.24, 2.45) is 0 Å². The van der Waals surface area contributed by atoms with Gasteiger partial charge in [0.05, 0.1) is 11.4 Å². The molecule has 0 bridgehead atoms. The lowest BCUT2D eigenvalue weighted by Gasteiger charge is -2.32. The van der Waals surface area contributed by atoms with E-state index in [1.54, 1.807) is 21.9 Å². The van der Waals surface area contributed by atoms with Crippen molar-refractivity contribution in [1.82, 2.24) is 14.5 Å². The van der Waals surface area contributed by atoms with E-state index in [0.717, 1.165) is 17.7 Å². The molecule has 3 amide bonds. The van der Waals surface area contributed by atoms with E-state index in [9.17, 15) is 22.8 Å². The van der Waals surface area contributed by atoms with Crippen molar-refractivity contribution < 1.29 is 22.8 Å². The number of sulfonamides is 1. The standard InChI is InChI=1S/C17H22N4O5S/c1-13(23)21-5-4-14-10-15(2-3-16(14)21)27(25,26)18-11-17(24)20-8-6-19(12-22)7-9-20/h2-3,10,12,18H,4-9,11H2,1H3. The Morgan fingerprint density at radius 3 is 2.48 bits per heavy atom. The number of amides is 3. The number of piperazine rings is 1. The summed E-state index contributed by atoms with van der Waals surface area (Å²) in [7, 11) is -3.84. The molecule has 146 valence electrons. The van der Waals surface area contributed by atoms with Crippen LogP contribution in [-0.4, -0.2) is 75.7 Å². The third-order valence-corrected chi connectivity index (χ3v) is 6.27. The van der Waals surface area contributed by atoms with Gasteiger partial charge in [0.1, 0.15) is 0 Å². The zero-order chi connectivity index (χ0) is 19.6. The van der Waals surface area contributed by atoms with Gasteiger partial charge >= 0.3 is 0 Å². The quantitative estimate of drug-likeness (QED) is 0.657. The molecule has 1 fully saturated rings. The molecule has 1 aromatic carbocycles. The van der Waals surface area contributed by atoms with Gasteiger partial charge in [-0.15, -0.1) is 0 Å². The van der Waals surface area contributed by atoms with E-state index in [2.05, 4.69) is 4.72 Å². The van der Waals surface area contributed by atoms with Crippen LogP contribution in [0.25, 0.3) is 0 Å². The Labute approximate surface area is 158 Å². The summed E-state index contributed by atoms with van der Waals surface area (Å²) in [5.41, 5.74) is 1.52. The molecule has 9 nitrogen and oxygen atoms in total. The van der Waals surface area contributed by atoms with Crippen LogP contribution >= 0.6 is 0 Å². The zero-order valence-electron chi connectivity index (χ0n) is 15.1. The summed E-state index contributed by atoms with van der Waals surface area (Å²) >= 11 is 0. The molecule has 0 unspecified atom stereocenters. The highest BCUT2D eigenvalue weighted by Crippen LogP contribution is 2.30. The Morgan fingerprint density at radius 1 is 1.15 bits per heavy atom. The molecule has 0 spiro atoms. The number of nitrogens with one attached hydrogen (secondary N) is 1. The first-order valence-corrected chi connectivity index (χ1v) is 10.2. The number of benzene rings is 1. The molecule has 1 N–H and O–H groups in total. The first-order valence-electron chi connectivity index (χ1n) is 8.69. The lowest BCUT2D eigenvalue weighted by atomic mass is 10.2. The molecular weight excluding hydrogens is 372 g/mol. The van der Waals surface area contributed by atoms with E-state index >= 15 is 0 Å². The maximum absolute atomic E-state index is 12.5. The van der Waals surface area contributed by atoms with Crippen LogP contribution in [0.15, 0.2) is 23.1 Å². The molecule has 2 aliphatic rings. The molecular formula is C17H22N4O5S. The summed E-state index contributed by atoms with van der Waals surface area (Å²) in [6.07, 6.45) is 1.34. The topological polar surface area (TPSA) is 107 Å². The van der Waals surface area contributed by atoms with Crippen molar-refractivity contribution in [3.63, 3.8) is 0 Å². The molecule has 3 rings (SSSR count). The van der Waals surface area contributed by atoms with Crippen molar-refractivity contribution in [1.29, 1.82) is 0 Å². The van der Waals surface area contributed by atoms with Gasteiger partial charge < -0.3 is 14.7 Å². The van der Waals surface area contributed by atoms with Crippen LogP contribution in [0, 0.1) is 0 Å². The number of anilines is 1. The Morgan fingerprint density at radius 2 is 1.85 bits per heavy atom.